The van der Waals surface area contributed by atoms with E-state index in [9.17, 15) is 0 Å². The molecule has 0 aliphatic heterocycles. The van der Waals surface area contributed by atoms with Crippen LogP contribution in [0.15, 0.2) is 18.2 Å². The third kappa shape index (κ3) is 3.91. The van der Waals surface area contributed by atoms with Crippen LogP contribution in [0.3, 0.4) is 0 Å². The smallest absolute Gasteiger partial charge is 0.358 e. The van der Waals surface area contributed by atoms with E-state index >= 15 is 0 Å². The first-order valence-electron chi connectivity index (χ1n) is 2.73. The van der Waals surface area contributed by atoms with Gasteiger partial charge in [0, 0.05) is 0 Å². The van der Waals surface area contributed by atoms with E-state index in [2.05, 4.69) is 26.0 Å². The van der Waals surface area contributed by atoms with Crippen molar-refractivity contribution in [2.24, 2.45) is 0 Å². The molecule has 0 N–H and O–H groups in total. The number of benzene rings is 1. The maximum absolute atomic E-state index is 3.03. The summed E-state index contributed by atoms with van der Waals surface area (Å²) in [4.78, 5) is 0. The molecule has 0 saturated heterocycles. The molecule has 50 valence electrons. The van der Waals surface area contributed by atoms with E-state index in [0.29, 0.717) is 0 Å². The maximum Gasteiger partial charge on any atom is 2.00 e. The minimum Gasteiger partial charge on any atom is -0.358 e. The Bertz CT molecular complexity index is 165. The summed E-state index contributed by atoms with van der Waals surface area (Å²) in [7, 11) is 0. The van der Waals surface area contributed by atoms with Crippen LogP contribution in [0.4, 0.5) is 0 Å². The van der Waals surface area contributed by atoms with E-state index < -0.39 is 0 Å². The SMILES string of the molecule is Cc1c[c-]cc(C)c1.[CH3-].[Mg+2]. The average molecular weight is 144 g/mol. The summed E-state index contributed by atoms with van der Waals surface area (Å²) in [6.45, 7) is 4.15. The van der Waals surface area contributed by atoms with E-state index in [4.69, 9.17) is 0 Å². The van der Waals surface area contributed by atoms with Crippen LogP contribution in [0.1, 0.15) is 11.1 Å². The zero-order valence-corrected chi connectivity index (χ0v) is 8.35. The normalized spacial score (nSPS) is 7.40. The molecule has 0 bridgehead atoms. The molecule has 0 radical (unpaired) electrons. The van der Waals surface area contributed by atoms with Gasteiger partial charge in [0.05, 0.1) is 0 Å². The molecule has 0 atom stereocenters. The first-order valence-corrected chi connectivity index (χ1v) is 2.73. The van der Waals surface area contributed by atoms with Crippen LogP contribution in [0.2, 0.25) is 0 Å². The summed E-state index contributed by atoms with van der Waals surface area (Å²) in [6, 6.07) is 9.12. The molecule has 10 heavy (non-hydrogen) atoms. The largest absolute Gasteiger partial charge is 2.00 e. The van der Waals surface area contributed by atoms with Crippen LogP contribution in [0.25, 0.3) is 0 Å². The molecule has 0 amide bonds. The van der Waals surface area contributed by atoms with Gasteiger partial charge >= 0.3 is 23.1 Å². The Kier molecular flexibility index (Phi) is 7.27. The van der Waals surface area contributed by atoms with Gasteiger partial charge < -0.3 is 7.43 Å². The van der Waals surface area contributed by atoms with Gasteiger partial charge in [0.15, 0.2) is 0 Å². The maximum atomic E-state index is 3.03. The summed E-state index contributed by atoms with van der Waals surface area (Å²) in [5.41, 5.74) is 2.56. The summed E-state index contributed by atoms with van der Waals surface area (Å²) in [5, 5.41) is 0. The van der Waals surface area contributed by atoms with Gasteiger partial charge in [-0.15, -0.1) is 0 Å². The molecule has 0 saturated carbocycles. The second kappa shape index (κ2) is 5.75. The monoisotopic (exact) mass is 144 g/mol. The van der Waals surface area contributed by atoms with Gasteiger partial charge in [-0.1, -0.05) is 13.8 Å². The molecule has 0 spiro atoms. The Morgan fingerprint density at radius 2 is 1.50 bits per heavy atom. The molecule has 0 unspecified atom stereocenters. The van der Waals surface area contributed by atoms with Crippen molar-refractivity contribution in [2.75, 3.05) is 0 Å². The average Bonchev–Trinajstić information content (AvgIpc) is 1.64. The van der Waals surface area contributed by atoms with Gasteiger partial charge in [-0.05, 0) is 0 Å². The molecule has 0 heterocycles. The Hall–Kier alpha value is -0.0138. The van der Waals surface area contributed by atoms with Gasteiger partial charge in [0.1, 0.15) is 0 Å². The molecular formula is C9H12Mg. The van der Waals surface area contributed by atoms with E-state index in [0.717, 1.165) is 0 Å². The van der Waals surface area contributed by atoms with Crippen molar-refractivity contribution in [1.82, 2.24) is 0 Å². The van der Waals surface area contributed by atoms with Crippen LogP contribution >= 0.6 is 0 Å². The van der Waals surface area contributed by atoms with Gasteiger partial charge in [0.25, 0.3) is 0 Å². The van der Waals surface area contributed by atoms with Crippen molar-refractivity contribution in [3.63, 3.8) is 0 Å². The summed E-state index contributed by atoms with van der Waals surface area (Å²) in [6.07, 6.45) is 0. The van der Waals surface area contributed by atoms with Crippen molar-refractivity contribution < 1.29 is 0 Å². The summed E-state index contributed by atoms with van der Waals surface area (Å²) < 4.78 is 0. The molecule has 1 aromatic carbocycles. The second-order valence-electron chi connectivity index (χ2n) is 2.09. The van der Waals surface area contributed by atoms with Crippen molar-refractivity contribution >= 4 is 23.1 Å². The Morgan fingerprint density at radius 3 is 1.70 bits per heavy atom. The third-order valence-corrected chi connectivity index (χ3v) is 1.08. The fourth-order valence-corrected chi connectivity index (χ4v) is 0.747. The Morgan fingerprint density at radius 1 is 1.10 bits per heavy atom. The standard InChI is InChI=1S/C8H9.CH3.Mg/c1-7-4-3-5-8(2)6-7;;/h4-6H,1-2H3;1H3;/q2*-1;+2. The van der Waals surface area contributed by atoms with Crippen molar-refractivity contribution in [2.45, 2.75) is 13.8 Å². The molecule has 0 aliphatic carbocycles. The van der Waals surface area contributed by atoms with Gasteiger partial charge in [0.2, 0.25) is 0 Å². The number of aryl methyl sites for hydroxylation is 2. The zero-order chi connectivity index (χ0) is 5.98. The van der Waals surface area contributed by atoms with Gasteiger partial charge in [-0.3, -0.25) is 0 Å². The molecule has 1 rings (SSSR count). The van der Waals surface area contributed by atoms with Crippen LogP contribution in [-0.2, 0) is 0 Å². The number of hydrogen-bond acceptors (Lipinski definition) is 0. The van der Waals surface area contributed by atoms with Crippen molar-refractivity contribution in [3.8, 4) is 0 Å². The van der Waals surface area contributed by atoms with Crippen LogP contribution < -0.4 is 0 Å². The Labute approximate surface area is 79.8 Å². The first-order chi connectivity index (χ1) is 3.79. The topological polar surface area (TPSA) is 0 Å². The molecule has 1 heteroatoms. The Balaban J connectivity index is 0. The van der Waals surface area contributed by atoms with E-state index in [1.54, 1.807) is 0 Å². The third-order valence-electron chi connectivity index (χ3n) is 1.08. The van der Waals surface area contributed by atoms with E-state index in [-0.39, 0.29) is 30.5 Å². The van der Waals surface area contributed by atoms with Crippen LogP contribution in [0, 0.1) is 27.3 Å². The predicted octanol–water partition coefficient (Wildman–Crippen LogP) is 2.17. The summed E-state index contributed by atoms with van der Waals surface area (Å²) >= 11 is 0. The minimum atomic E-state index is 0. The van der Waals surface area contributed by atoms with Crippen LogP contribution in [-0.4, -0.2) is 23.1 Å². The molecular weight excluding hydrogens is 132 g/mol. The van der Waals surface area contributed by atoms with E-state index in [1.165, 1.54) is 11.1 Å². The fraction of sp³-hybridized carbons (Fsp3) is 0.222. The van der Waals surface area contributed by atoms with Crippen LogP contribution in [0.5, 0.6) is 0 Å². The van der Waals surface area contributed by atoms with Gasteiger partial charge in [-0.2, -0.15) is 35.4 Å². The molecule has 0 fully saturated rings. The molecule has 0 aliphatic rings. The minimum absolute atomic E-state index is 0. The first kappa shape index (κ1) is 12.6. The molecule has 1 aromatic rings. The van der Waals surface area contributed by atoms with Crippen molar-refractivity contribution in [1.29, 1.82) is 0 Å². The quantitative estimate of drug-likeness (QED) is 0.387. The van der Waals surface area contributed by atoms with E-state index in [1.807, 2.05) is 12.1 Å². The predicted molar refractivity (Wildman–Crippen MR) is 46.9 cm³/mol. The summed E-state index contributed by atoms with van der Waals surface area (Å²) in [5.74, 6) is 0. The molecule has 0 nitrogen and oxygen atoms in total. The molecule has 0 aromatic heterocycles. The fourth-order valence-electron chi connectivity index (χ4n) is 0.747. The number of hydrogen-bond donors (Lipinski definition) is 0. The van der Waals surface area contributed by atoms with Crippen molar-refractivity contribution in [3.05, 3.63) is 42.8 Å². The number of rotatable bonds is 0. The van der Waals surface area contributed by atoms with Gasteiger partial charge in [-0.25, -0.2) is 0 Å². The zero-order valence-electron chi connectivity index (χ0n) is 6.94. The second-order valence-corrected chi connectivity index (χ2v) is 2.09.